The first kappa shape index (κ1) is 6.88. The maximum Gasteiger partial charge on any atom is 0.120 e. The molecule has 0 atom stereocenters. The SMILES string of the molecule is C=NC=NC(=C)NC. The molecule has 3 heteroatoms. The molecule has 0 amide bonds. The summed E-state index contributed by atoms with van der Waals surface area (Å²) in [5.74, 6) is 0.581. The van der Waals surface area contributed by atoms with E-state index in [1.807, 2.05) is 0 Å². The van der Waals surface area contributed by atoms with Crippen LogP contribution < -0.4 is 5.32 Å². The van der Waals surface area contributed by atoms with Crippen LogP contribution in [0.1, 0.15) is 0 Å². The van der Waals surface area contributed by atoms with E-state index in [9.17, 15) is 0 Å². The predicted octanol–water partition coefficient (Wildman–Crippen LogP) is 0.406. The molecule has 0 radical (unpaired) electrons. The number of nitrogens with one attached hydrogen (secondary N) is 1. The van der Waals surface area contributed by atoms with Gasteiger partial charge in [0.25, 0.3) is 0 Å². The van der Waals surface area contributed by atoms with Crippen LogP contribution >= 0.6 is 0 Å². The minimum atomic E-state index is 0.581. The van der Waals surface area contributed by atoms with E-state index in [-0.39, 0.29) is 0 Å². The highest BCUT2D eigenvalue weighted by Crippen LogP contribution is 1.79. The Balaban J connectivity index is 3.52. The van der Waals surface area contributed by atoms with Gasteiger partial charge in [0.15, 0.2) is 0 Å². The summed E-state index contributed by atoms with van der Waals surface area (Å²) in [6, 6.07) is 0. The van der Waals surface area contributed by atoms with Crippen LogP contribution in [-0.2, 0) is 0 Å². The van der Waals surface area contributed by atoms with Crippen LogP contribution in [0.15, 0.2) is 22.4 Å². The lowest BCUT2D eigenvalue weighted by Gasteiger charge is -1.91. The summed E-state index contributed by atoms with van der Waals surface area (Å²) in [4.78, 5) is 7.08. The van der Waals surface area contributed by atoms with E-state index in [2.05, 4.69) is 28.6 Å². The molecule has 0 aliphatic rings. The molecular formula is C5H9N3. The highest BCUT2D eigenvalue weighted by Gasteiger charge is 1.74. The normalized spacial score (nSPS) is 9.12. The first-order valence-corrected chi connectivity index (χ1v) is 2.16. The first-order valence-electron chi connectivity index (χ1n) is 2.16. The van der Waals surface area contributed by atoms with Gasteiger partial charge in [-0.05, 0) is 6.72 Å². The molecule has 0 unspecified atom stereocenters. The summed E-state index contributed by atoms with van der Waals surface area (Å²) < 4.78 is 0. The second-order valence-corrected chi connectivity index (χ2v) is 1.12. The molecule has 0 rings (SSSR count). The molecule has 0 aromatic carbocycles. The van der Waals surface area contributed by atoms with Crippen molar-refractivity contribution in [2.45, 2.75) is 0 Å². The molecule has 44 valence electrons. The fraction of sp³-hybridized carbons (Fsp3) is 0.200. The second kappa shape index (κ2) is 4.05. The summed E-state index contributed by atoms with van der Waals surface area (Å²) in [5, 5.41) is 2.72. The van der Waals surface area contributed by atoms with Gasteiger partial charge in [0.2, 0.25) is 0 Å². The minimum absolute atomic E-state index is 0.581. The summed E-state index contributed by atoms with van der Waals surface area (Å²) in [7, 11) is 1.74. The standard InChI is InChI=1S/C5H9N3/c1-5(7-3)8-4-6-2/h4,7H,1-2H2,3H3. The Morgan fingerprint density at radius 2 is 2.38 bits per heavy atom. The Bertz CT molecular complexity index is 115. The van der Waals surface area contributed by atoms with Gasteiger partial charge < -0.3 is 5.32 Å². The highest BCUT2D eigenvalue weighted by atomic mass is 15.0. The van der Waals surface area contributed by atoms with Gasteiger partial charge >= 0.3 is 0 Å². The summed E-state index contributed by atoms with van der Waals surface area (Å²) in [5.41, 5.74) is 0. The molecule has 0 aliphatic carbocycles. The summed E-state index contributed by atoms with van der Waals surface area (Å²) >= 11 is 0. The van der Waals surface area contributed by atoms with Gasteiger partial charge in [-0.25, -0.2) is 4.99 Å². The lowest BCUT2D eigenvalue weighted by molar-refractivity contribution is 0.976. The molecule has 0 bridgehead atoms. The number of hydrogen-bond donors (Lipinski definition) is 1. The van der Waals surface area contributed by atoms with Crippen molar-refractivity contribution < 1.29 is 0 Å². The van der Waals surface area contributed by atoms with Gasteiger partial charge in [-0.15, -0.1) is 0 Å². The van der Waals surface area contributed by atoms with Crippen molar-refractivity contribution in [2.24, 2.45) is 9.98 Å². The van der Waals surface area contributed by atoms with Crippen molar-refractivity contribution >= 4 is 13.1 Å². The van der Waals surface area contributed by atoms with E-state index in [0.29, 0.717) is 5.82 Å². The monoisotopic (exact) mass is 111 g/mol. The number of hydrogen-bond acceptors (Lipinski definition) is 2. The Kier molecular flexibility index (Phi) is 3.48. The van der Waals surface area contributed by atoms with Gasteiger partial charge in [-0.2, -0.15) is 0 Å². The van der Waals surface area contributed by atoms with E-state index in [0.717, 1.165) is 0 Å². The Labute approximate surface area is 48.8 Å². The van der Waals surface area contributed by atoms with Gasteiger partial charge in [0, 0.05) is 7.05 Å². The average Bonchev–Trinajstić information content (AvgIpc) is 1.83. The van der Waals surface area contributed by atoms with E-state index in [1.54, 1.807) is 7.05 Å². The van der Waals surface area contributed by atoms with Crippen molar-refractivity contribution in [3.8, 4) is 0 Å². The van der Waals surface area contributed by atoms with Crippen LogP contribution in [0.3, 0.4) is 0 Å². The molecule has 0 heterocycles. The fourth-order valence-corrected chi connectivity index (χ4v) is 0.175. The quantitative estimate of drug-likeness (QED) is 0.415. The third-order valence-electron chi connectivity index (χ3n) is 0.584. The van der Waals surface area contributed by atoms with Crippen LogP contribution in [0, 0.1) is 0 Å². The fourth-order valence-electron chi connectivity index (χ4n) is 0.175. The summed E-state index contributed by atoms with van der Waals surface area (Å²) in [6.45, 7) is 6.71. The van der Waals surface area contributed by atoms with Gasteiger partial charge in [0.05, 0.1) is 0 Å². The molecule has 1 N–H and O–H groups in total. The third kappa shape index (κ3) is 3.08. The maximum absolute atomic E-state index is 3.70. The number of rotatable bonds is 3. The van der Waals surface area contributed by atoms with Crippen molar-refractivity contribution in [3.05, 3.63) is 12.4 Å². The average molecular weight is 111 g/mol. The lowest BCUT2D eigenvalue weighted by atomic mass is 10.8. The van der Waals surface area contributed by atoms with Gasteiger partial charge in [0.1, 0.15) is 12.2 Å². The van der Waals surface area contributed by atoms with Gasteiger partial charge in [-0.1, -0.05) is 6.58 Å². The first-order chi connectivity index (χ1) is 3.81. The molecule has 0 saturated carbocycles. The topological polar surface area (TPSA) is 36.8 Å². The zero-order chi connectivity index (χ0) is 6.41. The van der Waals surface area contributed by atoms with Crippen LogP contribution in [0.2, 0.25) is 0 Å². The van der Waals surface area contributed by atoms with Crippen LogP contribution in [0.25, 0.3) is 0 Å². The minimum Gasteiger partial charge on any atom is -0.374 e. The van der Waals surface area contributed by atoms with Crippen molar-refractivity contribution in [2.75, 3.05) is 7.05 Å². The zero-order valence-electron chi connectivity index (χ0n) is 4.89. The number of nitrogens with zero attached hydrogens (tertiary/aromatic N) is 2. The van der Waals surface area contributed by atoms with E-state index in [1.165, 1.54) is 6.34 Å². The lowest BCUT2D eigenvalue weighted by Crippen LogP contribution is -2.00. The molecule has 0 aliphatic heterocycles. The smallest absolute Gasteiger partial charge is 0.120 e. The maximum atomic E-state index is 3.70. The predicted molar refractivity (Wildman–Crippen MR) is 36.2 cm³/mol. The molecule has 0 saturated heterocycles. The molecular weight excluding hydrogens is 102 g/mol. The van der Waals surface area contributed by atoms with E-state index in [4.69, 9.17) is 0 Å². The van der Waals surface area contributed by atoms with E-state index < -0.39 is 0 Å². The molecule has 3 nitrogen and oxygen atoms in total. The van der Waals surface area contributed by atoms with Gasteiger partial charge in [-0.3, -0.25) is 4.99 Å². The Hall–Kier alpha value is -1.12. The van der Waals surface area contributed by atoms with Crippen molar-refractivity contribution in [1.29, 1.82) is 0 Å². The largest absolute Gasteiger partial charge is 0.374 e. The van der Waals surface area contributed by atoms with Crippen LogP contribution in [0.5, 0.6) is 0 Å². The van der Waals surface area contributed by atoms with Crippen LogP contribution in [0.4, 0.5) is 0 Å². The molecule has 0 aromatic rings. The van der Waals surface area contributed by atoms with E-state index >= 15 is 0 Å². The summed E-state index contributed by atoms with van der Waals surface area (Å²) in [6.07, 6.45) is 1.33. The Morgan fingerprint density at radius 3 is 2.75 bits per heavy atom. The number of aliphatic imine (C=N–C) groups is 2. The van der Waals surface area contributed by atoms with Crippen molar-refractivity contribution in [1.82, 2.24) is 5.32 Å². The molecule has 0 spiro atoms. The zero-order valence-corrected chi connectivity index (χ0v) is 4.89. The molecule has 8 heavy (non-hydrogen) atoms. The molecule has 0 aromatic heterocycles. The highest BCUT2D eigenvalue weighted by molar-refractivity contribution is 5.62. The van der Waals surface area contributed by atoms with Crippen molar-refractivity contribution in [3.63, 3.8) is 0 Å². The third-order valence-corrected chi connectivity index (χ3v) is 0.584. The molecule has 0 fully saturated rings. The second-order valence-electron chi connectivity index (χ2n) is 1.12. The Morgan fingerprint density at radius 1 is 1.75 bits per heavy atom. The van der Waals surface area contributed by atoms with Crippen LogP contribution in [-0.4, -0.2) is 20.1 Å².